The third kappa shape index (κ3) is 6.12. The van der Waals surface area contributed by atoms with Crippen LogP contribution in [0.3, 0.4) is 0 Å². The van der Waals surface area contributed by atoms with Crippen molar-refractivity contribution in [3.63, 3.8) is 0 Å². The van der Waals surface area contributed by atoms with Crippen LogP contribution in [0.5, 0.6) is 0 Å². The normalized spacial score (nSPS) is 10.6. The molecule has 0 aliphatic rings. The number of Topliss-reactive ketones (excluding diaryl/α,β-unsaturated/α-hetero) is 1. The number of rotatable bonds is 8. The van der Waals surface area contributed by atoms with Crippen molar-refractivity contribution in [1.29, 1.82) is 0 Å². The van der Waals surface area contributed by atoms with E-state index < -0.39 is 0 Å². The summed E-state index contributed by atoms with van der Waals surface area (Å²) in [5.74, 6) is 0.298. The topological polar surface area (TPSA) is 72.0 Å². The van der Waals surface area contributed by atoms with Gasteiger partial charge in [-0.1, -0.05) is 78.1 Å². The van der Waals surface area contributed by atoms with Gasteiger partial charge in [0.15, 0.2) is 10.9 Å². The molecule has 0 unspecified atom stereocenters. The minimum Gasteiger partial charge on any atom is -0.321 e. The number of nitrogens with zero attached hydrogens (tertiary/aromatic N) is 2. The maximum absolute atomic E-state index is 13.3. The Morgan fingerprint density at radius 2 is 1.71 bits per heavy atom. The van der Waals surface area contributed by atoms with Crippen LogP contribution in [0.25, 0.3) is 0 Å². The fourth-order valence-electron chi connectivity index (χ4n) is 3.20. The van der Waals surface area contributed by atoms with Crippen LogP contribution >= 0.6 is 23.5 Å². The van der Waals surface area contributed by atoms with Crippen LogP contribution in [0.4, 0.5) is 5.69 Å². The number of aryl methyl sites for hydroxylation is 1. The molecular formula is C27H23N3O2S2. The molecule has 0 spiro atoms. The van der Waals surface area contributed by atoms with Gasteiger partial charge in [0, 0.05) is 28.1 Å². The first-order valence-corrected chi connectivity index (χ1v) is 12.5. The molecule has 7 heteroatoms. The van der Waals surface area contributed by atoms with Crippen molar-refractivity contribution < 1.29 is 9.59 Å². The highest BCUT2D eigenvalue weighted by atomic mass is 32.2. The summed E-state index contributed by atoms with van der Waals surface area (Å²) in [6.07, 6.45) is 1.70. The highest BCUT2D eigenvalue weighted by Gasteiger charge is 2.18. The second kappa shape index (κ2) is 11.1. The summed E-state index contributed by atoms with van der Waals surface area (Å²) in [5.41, 5.74) is 3.78. The zero-order valence-corrected chi connectivity index (χ0v) is 20.5. The lowest BCUT2D eigenvalue weighted by Crippen LogP contribution is -2.16. The maximum atomic E-state index is 13.3. The van der Waals surface area contributed by atoms with Crippen molar-refractivity contribution in [3.8, 4) is 0 Å². The average Bonchev–Trinajstić information content (AvgIpc) is 2.85. The van der Waals surface area contributed by atoms with Crippen LogP contribution in [-0.4, -0.2) is 21.7 Å². The third-order valence-corrected chi connectivity index (χ3v) is 7.00. The number of hydrogen-bond donors (Lipinski definition) is 1. The lowest BCUT2D eigenvalue weighted by atomic mass is 10.1. The molecule has 1 heterocycles. The molecule has 5 nitrogen and oxygen atoms in total. The highest BCUT2D eigenvalue weighted by Crippen LogP contribution is 2.31. The molecule has 0 aliphatic heterocycles. The number of ketones is 1. The van der Waals surface area contributed by atoms with Crippen LogP contribution in [0.15, 0.2) is 100 Å². The molecule has 1 amide bonds. The largest absolute Gasteiger partial charge is 0.321 e. The van der Waals surface area contributed by atoms with Crippen LogP contribution in [0, 0.1) is 6.92 Å². The maximum Gasteiger partial charge on any atom is 0.275 e. The first-order chi connectivity index (χ1) is 16.5. The molecule has 3 aromatic carbocycles. The Balaban J connectivity index is 1.61. The zero-order chi connectivity index (χ0) is 23.9. The molecule has 0 saturated heterocycles. The Morgan fingerprint density at radius 1 is 0.941 bits per heavy atom. The standard InChI is InChI=1S/C27H23N3O2S2/c1-18-9-6-7-10-21(18)17-33-27-28-16-24(34-23-13-4-3-5-14-23)25(30-27)26(32)29-22-12-8-11-20(15-22)19(2)31/h3-16H,17H2,1-2H3,(H,29,32). The van der Waals surface area contributed by atoms with Gasteiger partial charge in [0.2, 0.25) is 0 Å². The molecule has 170 valence electrons. The van der Waals surface area contributed by atoms with Gasteiger partial charge in [-0.2, -0.15) is 0 Å². The fraction of sp³-hybridized carbons (Fsp3) is 0.111. The monoisotopic (exact) mass is 485 g/mol. The second-order valence-corrected chi connectivity index (χ2v) is 9.64. The summed E-state index contributed by atoms with van der Waals surface area (Å²) in [7, 11) is 0. The van der Waals surface area contributed by atoms with E-state index in [9.17, 15) is 9.59 Å². The SMILES string of the molecule is CC(=O)c1cccc(NC(=O)c2nc(SCc3ccccc3C)ncc2Sc2ccccc2)c1. The van der Waals surface area contributed by atoms with E-state index in [1.165, 1.54) is 41.6 Å². The number of hydrogen-bond acceptors (Lipinski definition) is 6. The van der Waals surface area contributed by atoms with Gasteiger partial charge < -0.3 is 5.32 Å². The molecule has 4 rings (SSSR count). The van der Waals surface area contributed by atoms with Gasteiger partial charge in [0.05, 0.1) is 4.90 Å². The number of nitrogens with one attached hydrogen (secondary N) is 1. The lowest BCUT2D eigenvalue weighted by Gasteiger charge is -2.11. The van der Waals surface area contributed by atoms with E-state index in [0.29, 0.717) is 32.7 Å². The number of carbonyl (C=O) groups excluding carboxylic acids is 2. The predicted molar refractivity (Wildman–Crippen MR) is 138 cm³/mol. The van der Waals surface area contributed by atoms with E-state index in [4.69, 9.17) is 0 Å². The van der Waals surface area contributed by atoms with Crippen molar-refractivity contribution in [3.05, 3.63) is 107 Å². The smallest absolute Gasteiger partial charge is 0.275 e. The van der Waals surface area contributed by atoms with Crippen LogP contribution in [0.2, 0.25) is 0 Å². The molecule has 0 atom stereocenters. The van der Waals surface area contributed by atoms with E-state index in [1.54, 1.807) is 30.5 Å². The predicted octanol–water partition coefficient (Wildman–Crippen LogP) is 6.68. The first kappa shape index (κ1) is 23.7. The number of benzene rings is 3. The Bertz CT molecular complexity index is 1330. The van der Waals surface area contributed by atoms with E-state index in [1.807, 2.05) is 42.5 Å². The van der Waals surface area contributed by atoms with Crippen LogP contribution < -0.4 is 5.32 Å². The van der Waals surface area contributed by atoms with Gasteiger partial charge in [-0.05, 0) is 49.2 Å². The summed E-state index contributed by atoms with van der Waals surface area (Å²) in [6, 6.07) is 24.9. The van der Waals surface area contributed by atoms with E-state index >= 15 is 0 Å². The van der Waals surface area contributed by atoms with Gasteiger partial charge in [-0.25, -0.2) is 9.97 Å². The Labute approximate surface area is 207 Å². The zero-order valence-electron chi connectivity index (χ0n) is 18.8. The molecule has 34 heavy (non-hydrogen) atoms. The van der Waals surface area contributed by atoms with Gasteiger partial charge in [0.1, 0.15) is 5.69 Å². The molecule has 1 aromatic heterocycles. The molecule has 0 saturated carbocycles. The van der Waals surface area contributed by atoms with Gasteiger partial charge in [-0.3, -0.25) is 9.59 Å². The summed E-state index contributed by atoms with van der Waals surface area (Å²) in [4.78, 5) is 35.8. The Kier molecular flexibility index (Phi) is 7.77. The molecular weight excluding hydrogens is 462 g/mol. The van der Waals surface area contributed by atoms with E-state index in [2.05, 4.69) is 34.3 Å². The minimum absolute atomic E-state index is 0.0617. The molecule has 1 N–H and O–H groups in total. The minimum atomic E-state index is -0.348. The third-order valence-electron chi connectivity index (χ3n) is 5.06. The highest BCUT2D eigenvalue weighted by molar-refractivity contribution is 7.99. The van der Waals surface area contributed by atoms with Crippen molar-refractivity contribution >= 4 is 40.9 Å². The molecule has 0 bridgehead atoms. The molecule has 0 fully saturated rings. The fourth-order valence-corrected chi connectivity index (χ4v) is 4.98. The van der Waals surface area contributed by atoms with Gasteiger partial charge >= 0.3 is 0 Å². The lowest BCUT2D eigenvalue weighted by molar-refractivity contribution is 0.100. The van der Waals surface area contributed by atoms with Crippen molar-refractivity contribution in [2.24, 2.45) is 0 Å². The van der Waals surface area contributed by atoms with Crippen LogP contribution in [-0.2, 0) is 5.75 Å². The van der Waals surface area contributed by atoms with Crippen LogP contribution in [0.1, 0.15) is 38.9 Å². The number of thioether (sulfide) groups is 1. The summed E-state index contributed by atoms with van der Waals surface area (Å²) in [5, 5.41) is 3.42. The summed E-state index contributed by atoms with van der Waals surface area (Å²) < 4.78 is 0. The molecule has 0 aliphatic carbocycles. The average molecular weight is 486 g/mol. The molecule has 0 radical (unpaired) electrons. The van der Waals surface area contributed by atoms with E-state index in [0.717, 1.165) is 4.90 Å². The number of aromatic nitrogens is 2. The Hall–Kier alpha value is -3.42. The van der Waals surface area contributed by atoms with Gasteiger partial charge in [-0.15, -0.1) is 0 Å². The number of carbonyl (C=O) groups is 2. The Morgan fingerprint density at radius 3 is 2.47 bits per heavy atom. The number of anilines is 1. The van der Waals surface area contributed by atoms with Crippen molar-refractivity contribution in [1.82, 2.24) is 9.97 Å². The van der Waals surface area contributed by atoms with E-state index in [-0.39, 0.29) is 11.7 Å². The summed E-state index contributed by atoms with van der Waals surface area (Å²) >= 11 is 2.93. The molecule has 4 aromatic rings. The number of amides is 1. The van der Waals surface area contributed by atoms with Crippen molar-refractivity contribution in [2.45, 2.75) is 34.5 Å². The van der Waals surface area contributed by atoms with Crippen molar-refractivity contribution in [2.75, 3.05) is 5.32 Å². The quantitative estimate of drug-likeness (QED) is 0.170. The first-order valence-electron chi connectivity index (χ1n) is 10.7. The summed E-state index contributed by atoms with van der Waals surface area (Å²) in [6.45, 7) is 3.57. The second-order valence-electron chi connectivity index (χ2n) is 7.59. The van der Waals surface area contributed by atoms with Gasteiger partial charge in [0.25, 0.3) is 5.91 Å².